The van der Waals surface area contributed by atoms with E-state index in [0.717, 1.165) is 6.54 Å². The highest BCUT2D eigenvalue weighted by molar-refractivity contribution is 5.31. The lowest BCUT2D eigenvalue weighted by Crippen LogP contribution is -2.39. The molecule has 0 amide bonds. The molecule has 1 aromatic rings. The molecule has 0 atom stereocenters. The normalized spacial score (nSPS) is 20.9. The van der Waals surface area contributed by atoms with Crippen LogP contribution in [0.4, 0.5) is 5.82 Å². The first-order chi connectivity index (χ1) is 7.55. The number of piperidine rings is 1. The van der Waals surface area contributed by atoms with E-state index in [1.54, 1.807) is 6.20 Å². The Kier molecular flexibility index (Phi) is 3.15. The number of likely N-dealkylation sites (tertiary alicyclic amines) is 1. The fourth-order valence-electron chi connectivity index (χ4n) is 2.53. The first kappa shape index (κ1) is 11.4. The largest absolute Gasteiger partial charge is 0.384 e. The Morgan fingerprint density at radius 1 is 1.50 bits per heavy atom. The summed E-state index contributed by atoms with van der Waals surface area (Å²) in [6.45, 7) is 8.07. The molecule has 2 heterocycles. The number of hydrogen-bond donors (Lipinski definition) is 1. The average molecular weight is 219 g/mol. The molecule has 3 nitrogen and oxygen atoms in total. The monoisotopic (exact) mass is 219 g/mol. The molecular formula is C13H21N3. The number of nitrogen functional groups attached to an aromatic ring is 1. The second kappa shape index (κ2) is 4.42. The number of nitrogens with two attached hydrogens (primary N) is 1. The standard InChI is InChI=1S/C13H21N3/c1-13(2)5-3-7-16(10-13)9-11-4-6-15-12(14)8-11/h4,6,8H,3,5,7,9-10H2,1-2H3,(H2,14,15). The van der Waals surface area contributed by atoms with Gasteiger partial charge in [0.05, 0.1) is 0 Å². The Labute approximate surface area is 97.7 Å². The van der Waals surface area contributed by atoms with Gasteiger partial charge in [0.2, 0.25) is 0 Å². The molecule has 1 aliphatic rings. The molecule has 16 heavy (non-hydrogen) atoms. The van der Waals surface area contributed by atoms with Crippen molar-refractivity contribution >= 4 is 5.82 Å². The third-order valence-corrected chi connectivity index (χ3v) is 3.23. The summed E-state index contributed by atoms with van der Waals surface area (Å²) in [5.41, 5.74) is 7.41. The Hall–Kier alpha value is -1.09. The Balaban J connectivity index is 1.99. The molecule has 2 N–H and O–H groups in total. The Bertz CT molecular complexity index is 360. The molecule has 2 rings (SSSR count). The molecule has 1 fully saturated rings. The first-order valence-corrected chi connectivity index (χ1v) is 5.98. The second-order valence-electron chi connectivity index (χ2n) is 5.57. The maximum Gasteiger partial charge on any atom is 0.123 e. The van der Waals surface area contributed by atoms with Gasteiger partial charge >= 0.3 is 0 Å². The highest BCUT2D eigenvalue weighted by atomic mass is 15.1. The van der Waals surface area contributed by atoms with E-state index in [1.165, 1.54) is 31.5 Å². The number of rotatable bonds is 2. The minimum absolute atomic E-state index is 0.455. The zero-order chi connectivity index (χ0) is 11.6. The molecule has 88 valence electrons. The van der Waals surface area contributed by atoms with Crippen LogP contribution >= 0.6 is 0 Å². The number of nitrogens with zero attached hydrogens (tertiary/aromatic N) is 2. The lowest BCUT2D eigenvalue weighted by atomic mass is 9.84. The summed E-state index contributed by atoms with van der Waals surface area (Å²) in [4.78, 5) is 6.53. The average Bonchev–Trinajstić information content (AvgIpc) is 2.15. The van der Waals surface area contributed by atoms with Crippen LogP contribution in [-0.2, 0) is 6.54 Å². The summed E-state index contributed by atoms with van der Waals surface area (Å²) in [7, 11) is 0. The van der Waals surface area contributed by atoms with E-state index in [0.29, 0.717) is 11.2 Å². The van der Waals surface area contributed by atoms with Crippen molar-refractivity contribution in [1.82, 2.24) is 9.88 Å². The van der Waals surface area contributed by atoms with Crippen LogP contribution in [0.5, 0.6) is 0 Å². The zero-order valence-corrected chi connectivity index (χ0v) is 10.2. The Morgan fingerprint density at radius 2 is 2.31 bits per heavy atom. The van der Waals surface area contributed by atoms with Crippen molar-refractivity contribution in [2.24, 2.45) is 5.41 Å². The summed E-state index contributed by atoms with van der Waals surface area (Å²) in [5, 5.41) is 0. The minimum atomic E-state index is 0.455. The van der Waals surface area contributed by atoms with Crippen LogP contribution < -0.4 is 5.73 Å². The number of aromatic nitrogens is 1. The molecule has 1 aromatic heterocycles. The predicted molar refractivity (Wildman–Crippen MR) is 66.9 cm³/mol. The van der Waals surface area contributed by atoms with Crippen molar-refractivity contribution in [3.63, 3.8) is 0 Å². The van der Waals surface area contributed by atoms with Crippen molar-refractivity contribution in [1.29, 1.82) is 0 Å². The SMILES string of the molecule is CC1(C)CCCN(Cc2ccnc(N)c2)C1. The van der Waals surface area contributed by atoms with Gasteiger partial charge in [-0.3, -0.25) is 4.90 Å². The van der Waals surface area contributed by atoms with Crippen molar-refractivity contribution in [3.8, 4) is 0 Å². The molecule has 1 aliphatic heterocycles. The van der Waals surface area contributed by atoms with E-state index in [4.69, 9.17) is 5.73 Å². The van der Waals surface area contributed by atoms with Crippen LogP contribution in [-0.4, -0.2) is 23.0 Å². The predicted octanol–water partition coefficient (Wildman–Crippen LogP) is 2.29. The van der Waals surface area contributed by atoms with Crippen LogP contribution in [0.3, 0.4) is 0 Å². The van der Waals surface area contributed by atoms with Gasteiger partial charge in [-0.2, -0.15) is 0 Å². The van der Waals surface area contributed by atoms with Crippen LogP contribution in [0.1, 0.15) is 32.3 Å². The molecule has 0 spiro atoms. The minimum Gasteiger partial charge on any atom is -0.384 e. The number of anilines is 1. The second-order valence-corrected chi connectivity index (χ2v) is 5.57. The number of hydrogen-bond acceptors (Lipinski definition) is 3. The molecule has 0 radical (unpaired) electrons. The molecule has 3 heteroatoms. The summed E-state index contributed by atoms with van der Waals surface area (Å²) in [6.07, 6.45) is 4.43. The van der Waals surface area contributed by atoms with E-state index in [9.17, 15) is 0 Å². The van der Waals surface area contributed by atoms with Gasteiger partial charge in [-0.25, -0.2) is 4.98 Å². The van der Waals surface area contributed by atoms with Crippen LogP contribution in [0.15, 0.2) is 18.3 Å². The van der Waals surface area contributed by atoms with E-state index in [2.05, 4.69) is 29.8 Å². The van der Waals surface area contributed by atoms with Crippen molar-refractivity contribution in [2.45, 2.75) is 33.2 Å². The summed E-state index contributed by atoms with van der Waals surface area (Å²) in [6, 6.07) is 4.03. The topological polar surface area (TPSA) is 42.2 Å². The molecule has 0 unspecified atom stereocenters. The third-order valence-electron chi connectivity index (χ3n) is 3.23. The lowest BCUT2D eigenvalue weighted by Gasteiger charge is -2.38. The van der Waals surface area contributed by atoms with Gasteiger partial charge in [0, 0.05) is 19.3 Å². The molecule has 0 saturated carbocycles. The van der Waals surface area contributed by atoms with E-state index in [1.807, 2.05) is 6.07 Å². The number of pyridine rings is 1. The van der Waals surface area contributed by atoms with Crippen LogP contribution in [0, 0.1) is 5.41 Å². The van der Waals surface area contributed by atoms with Gasteiger partial charge in [-0.15, -0.1) is 0 Å². The van der Waals surface area contributed by atoms with Crippen LogP contribution in [0.25, 0.3) is 0 Å². The maximum atomic E-state index is 5.69. The maximum absolute atomic E-state index is 5.69. The van der Waals surface area contributed by atoms with E-state index in [-0.39, 0.29) is 0 Å². The quantitative estimate of drug-likeness (QED) is 0.829. The van der Waals surface area contributed by atoms with Crippen molar-refractivity contribution in [2.75, 3.05) is 18.8 Å². The fourth-order valence-corrected chi connectivity index (χ4v) is 2.53. The summed E-state index contributed by atoms with van der Waals surface area (Å²) >= 11 is 0. The van der Waals surface area contributed by atoms with Gasteiger partial charge in [0.1, 0.15) is 5.82 Å². The first-order valence-electron chi connectivity index (χ1n) is 5.98. The molecule has 1 saturated heterocycles. The van der Waals surface area contributed by atoms with E-state index >= 15 is 0 Å². The molecule has 0 aliphatic carbocycles. The summed E-state index contributed by atoms with van der Waals surface area (Å²) in [5.74, 6) is 0.619. The molecular weight excluding hydrogens is 198 g/mol. The fraction of sp³-hybridized carbons (Fsp3) is 0.615. The van der Waals surface area contributed by atoms with Crippen LogP contribution in [0.2, 0.25) is 0 Å². The molecule has 0 bridgehead atoms. The highest BCUT2D eigenvalue weighted by Gasteiger charge is 2.25. The van der Waals surface area contributed by atoms with Gasteiger partial charge < -0.3 is 5.73 Å². The van der Waals surface area contributed by atoms with Gasteiger partial charge in [0.15, 0.2) is 0 Å². The van der Waals surface area contributed by atoms with Crippen molar-refractivity contribution < 1.29 is 0 Å². The third kappa shape index (κ3) is 2.95. The highest BCUT2D eigenvalue weighted by Crippen LogP contribution is 2.29. The zero-order valence-electron chi connectivity index (χ0n) is 10.2. The van der Waals surface area contributed by atoms with Gasteiger partial charge in [-0.05, 0) is 42.5 Å². The van der Waals surface area contributed by atoms with Gasteiger partial charge in [0.25, 0.3) is 0 Å². The summed E-state index contributed by atoms with van der Waals surface area (Å²) < 4.78 is 0. The lowest BCUT2D eigenvalue weighted by molar-refractivity contribution is 0.111. The molecule has 0 aromatic carbocycles. The smallest absolute Gasteiger partial charge is 0.123 e. The van der Waals surface area contributed by atoms with E-state index < -0.39 is 0 Å². The van der Waals surface area contributed by atoms with Gasteiger partial charge in [-0.1, -0.05) is 13.8 Å². The van der Waals surface area contributed by atoms with Crippen molar-refractivity contribution in [3.05, 3.63) is 23.9 Å². The Morgan fingerprint density at radius 3 is 3.00 bits per heavy atom.